The minimum atomic E-state index is -0.390. The number of nitro groups is 1. The maximum Gasteiger partial charge on any atom is 0.311 e. The van der Waals surface area contributed by atoms with E-state index >= 15 is 0 Å². The molecule has 0 bridgehead atoms. The normalized spacial score (nSPS) is 21.6. The van der Waals surface area contributed by atoms with E-state index in [1.165, 1.54) is 0 Å². The first-order valence-corrected chi connectivity index (χ1v) is 8.57. The molecule has 0 aliphatic carbocycles. The van der Waals surface area contributed by atoms with Crippen molar-refractivity contribution in [1.82, 2.24) is 5.32 Å². The predicted octanol–water partition coefficient (Wildman–Crippen LogP) is 2.34. The summed E-state index contributed by atoms with van der Waals surface area (Å²) in [7, 11) is 0. The molecule has 24 heavy (non-hydrogen) atoms. The van der Waals surface area contributed by atoms with Crippen molar-refractivity contribution in [1.29, 1.82) is 0 Å². The Balaban J connectivity index is 1.73. The molecular formula is C17H25N3O4. The first kappa shape index (κ1) is 17.0. The average molecular weight is 335 g/mol. The Labute approximate surface area is 142 Å². The molecule has 0 radical (unpaired) electrons. The molecular weight excluding hydrogens is 310 g/mol. The molecule has 7 heteroatoms. The summed E-state index contributed by atoms with van der Waals surface area (Å²) in [5, 5.41) is 14.8. The van der Waals surface area contributed by atoms with E-state index in [1.807, 2.05) is 19.9 Å². The zero-order valence-corrected chi connectivity index (χ0v) is 14.2. The molecule has 1 N–H and O–H groups in total. The molecule has 132 valence electrons. The first-order chi connectivity index (χ1) is 11.5. The lowest BCUT2D eigenvalue weighted by Gasteiger charge is -2.38. The van der Waals surface area contributed by atoms with Crippen LogP contribution < -0.4 is 15.0 Å². The third-order valence-electron chi connectivity index (χ3n) is 4.40. The minimum absolute atomic E-state index is 0.0192. The highest BCUT2D eigenvalue weighted by Crippen LogP contribution is 2.33. The number of ether oxygens (including phenoxy) is 2. The number of hydrogen-bond donors (Lipinski definition) is 1. The van der Waals surface area contributed by atoms with E-state index in [2.05, 4.69) is 10.2 Å². The lowest BCUT2D eigenvalue weighted by Crippen LogP contribution is -2.55. The van der Waals surface area contributed by atoms with Crippen LogP contribution in [0.5, 0.6) is 5.75 Å². The molecule has 3 rings (SSSR count). The van der Waals surface area contributed by atoms with Gasteiger partial charge in [-0.15, -0.1) is 0 Å². The van der Waals surface area contributed by atoms with E-state index < -0.39 is 4.92 Å². The highest BCUT2D eigenvalue weighted by molar-refractivity contribution is 5.59. The number of nitro benzene ring substituents is 1. The number of hydrogen-bond acceptors (Lipinski definition) is 6. The molecule has 2 heterocycles. The van der Waals surface area contributed by atoms with Crippen LogP contribution in [0.25, 0.3) is 0 Å². The van der Waals surface area contributed by atoms with Gasteiger partial charge in [-0.2, -0.15) is 0 Å². The molecule has 2 fully saturated rings. The largest absolute Gasteiger partial charge is 0.484 e. The standard InChI is InChI=1S/C17H25N3O4/c1-12(2)24-17-8-15(5-6-16(17)20(21)22)19-7-3-4-13(9-19)18-14-10-23-11-14/h5-6,8,12-14,18H,3-4,7,9-11H2,1-2H3. The molecule has 0 aromatic heterocycles. The third-order valence-corrected chi connectivity index (χ3v) is 4.40. The second-order valence-corrected chi connectivity index (χ2v) is 6.76. The van der Waals surface area contributed by atoms with Gasteiger partial charge >= 0.3 is 5.69 Å². The van der Waals surface area contributed by atoms with Gasteiger partial charge in [-0.1, -0.05) is 0 Å². The molecule has 2 aliphatic rings. The summed E-state index contributed by atoms with van der Waals surface area (Å²) in [5.41, 5.74) is 0.998. The fraction of sp³-hybridized carbons (Fsp3) is 0.647. The van der Waals surface area contributed by atoms with E-state index in [0.717, 1.165) is 44.8 Å². The Morgan fingerprint density at radius 1 is 1.38 bits per heavy atom. The molecule has 2 saturated heterocycles. The molecule has 0 spiro atoms. The first-order valence-electron chi connectivity index (χ1n) is 8.57. The molecule has 7 nitrogen and oxygen atoms in total. The van der Waals surface area contributed by atoms with Crippen LogP contribution in [-0.2, 0) is 4.74 Å². The molecule has 0 saturated carbocycles. The summed E-state index contributed by atoms with van der Waals surface area (Å²) >= 11 is 0. The van der Waals surface area contributed by atoms with Crippen molar-refractivity contribution >= 4 is 11.4 Å². The van der Waals surface area contributed by atoms with Crippen LogP contribution in [-0.4, -0.2) is 49.4 Å². The SMILES string of the molecule is CC(C)Oc1cc(N2CCCC(NC3COC3)C2)ccc1[N+](=O)[O-]. The van der Waals surface area contributed by atoms with E-state index in [-0.39, 0.29) is 11.8 Å². The minimum Gasteiger partial charge on any atom is -0.484 e. The summed E-state index contributed by atoms with van der Waals surface area (Å²) in [4.78, 5) is 13.1. The fourth-order valence-corrected chi connectivity index (χ4v) is 3.21. The fourth-order valence-electron chi connectivity index (χ4n) is 3.21. The van der Waals surface area contributed by atoms with Gasteiger partial charge in [0.1, 0.15) is 0 Å². The topological polar surface area (TPSA) is 76.9 Å². The highest BCUT2D eigenvalue weighted by Gasteiger charge is 2.27. The van der Waals surface area contributed by atoms with Crippen molar-refractivity contribution in [2.24, 2.45) is 0 Å². The van der Waals surface area contributed by atoms with E-state index in [1.54, 1.807) is 12.1 Å². The molecule has 0 amide bonds. The van der Waals surface area contributed by atoms with Crippen LogP contribution in [0.1, 0.15) is 26.7 Å². The predicted molar refractivity (Wildman–Crippen MR) is 91.8 cm³/mol. The van der Waals surface area contributed by atoms with Crippen LogP contribution in [0.2, 0.25) is 0 Å². The number of nitrogens with one attached hydrogen (secondary N) is 1. The number of rotatable bonds is 6. The van der Waals surface area contributed by atoms with Gasteiger partial charge in [-0.25, -0.2) is 0 Å². The van der Waals surface area contributed by atoms with E-state index in [9.17, 15) is 10.1 Å². The van der Waals surface area contributed by atoms with Gasteiger partial charge in [0.15, 0.2) is 5.75 Å². The Morgan fingerprint density at radius 3 is 2.79 bits per heavy atom. The number of piperidine rings is 1. The number of anilines is 1. The zero-order chi connectivity index (χ0) is 17.1. The van der Waals surface area contributed by atoms with Gasteiger partial charge in [0, 0.05) is 37.0 Å². The Bertz CT molecular complexity index is 589. The summed E-state index contributed by atoms with van der Waals surface area (Å²) in [6.45, 7) is 7.18. The molecule has 1 aromatic rings. The van der Waals surface area contributed by atoms with Crippen LogP contribution in [0.15, 0.2) is 18.2 Å². The monoisotopic (exact) mass is 335 g/mol. The molecule has 1 atom stereocenters. The molecule has 1 aromatic carbocycles. The second kappa shape index (κ2) is 7.36. The summed E-state index contributed by atoms with van der Waals surface area (Å²) in [6, 6.07) is 6.06. The van der Waals surface area contributed by atoms with Gasteiger partial charge < -0.3 is 19.7 Å². The van der Waals surface area contributed by atoms with E-state index in [4.69, 9.17) is 9.47 Å². The maximum absolute atomic E-state index is 11.2. The Morgan fingerprint density at radius 2 is 2.17 bits per heavy atom. The van der Waals surface area contributed by atoms with Gasteiger partial charge in [0.2, 0.25) is 0 Å². The van der Waals surface area contributed by atoms with Crippen LogP contribution in [0, 0.1) is 10.1 Å². The van der Waals surface area contributed by atoms with Crippen LogP contribution in [0.4, 0.5) is 11.4 Å². The highest BCUT2D eigenvalue weighted by atomic mass is 16.6. The molecule has 2 aliphatic heterocycles. The number of benzene rings is 1. The second-order valence-electron chi connectivity index (χ2n) is 6.76. The van der Waals surface area contributed by atoms with Crippen LogP contribution in [0.3, 0.4) is 0 Å². The lowest BCUT2D eigenvalue weighted by atomic mass is 10.0. The van der Waals surface area contributed by atoms with Crippen LogP contribution >= 0.6 is 0 Å². The Hall–Kier alpha value is -1.86. The maximum atomic E-state index is 11.2. The summed E-state index contributed by atoms with van der Waals surface area (Å²) < 4.78 is 10.9. The van der Waals surface area contributed by atoms with Gasteiger partial charge in [0.25, 0.3) is 0 Å². The van der Waals surface area contributed by atoms with Crippen molar-refractivity contribution in [2.45, 2.75) is 44.9 Å². The van der Waals surface area contributed by atoms with Crippen molar-refractivity contribution in [2.75, 3.05) is 31.2 Å². The van der Waals surface area contributed by atoms with Crippen molar-refractivity contribution in [3.63, 3.8) is 0 Å². The average Bonchev–Trinajstić information content (AvgIpc) is 2.50. The van der Waals surface area contributed by atoms with E-state index in [0.29, 0.717) is 17.8 Å². The molecule has 1 unspecified atom stereocenters. The van der Waals surface area contributed by atoms with Gasteiger partial charge in [0.05, 0.1) is 30.3 Å². The van der Waals surface area contributed by atoms with Crippen molar-refractivity contribution in [3.8, 4) is 5.75 Å². The summed E-state index contributed by atoms with van der Waals surface area (Å²) in [6.07, 6.45) is 2.14. The smallest absolute Gasteiger partial charge is 0.311 e. The summed E-state index contributed by atoms with van der Waals surface area (Å²) in [5.74, 6) is 0.343. The van der Waals surface area contributed by atoms with Gasteiger partial charge in [-0.05, 0) is 32.8 Å². The lowest BCUT2D eigenvalue weighted by molar-refractivity contribution is -0.386. The van der Waals surface area contributed by atoms with Crippen molar-refractivity contribution in [3.05, 3.63) is 28.3 Å². The zero-order valence-electron chi connectivity index (χ0n) is 14.2. The Kier molecular flexibility index (Phi) is 5.20. The quantitative estimate of drug-likeness (QED) is 0.635. The third kappa shape index (κ3) is 3.96. The van der Waals surface area contributed by atoms with Gasteiger partial charge in [-0.3, -0.25) is 10.1 Å². The number of nitrogens with zero attached hydrogens (tertiary/aromatic N) is 2. The van der Waals surface area contributed by atoms with Crippen molar-refractivity contribution < 1.29 is 14.4 Å².